The van der Waals surface area contributed by atoms with E-state index < -0.39 is 127 Å². The van der Waals surface area contributed by atoms with Crippen molar-refractivity contribution in [1.82, 2.24) is 0 Å². The number of aliphatic hydroxyl groups is 9. The Hall–Kier alpha value is -3.87. The third-order valence-electron chi connectivity index (χ3n) is 9.53. The summed E-state index contributed by atoms with van der Waals surface area (Å²) >= 11 is 0. The predicted molar refractivity (Wildman–Crippen MR) is 176 cm³/mol. The van der Waals surface area contributed by atoms with Crippen molar-refractivity contribution in [2.45, 2.75) is 106 Å². The molecule has 3 saturated heterocycles. The molecule has 4 heterocycles. The van der Waals surface area contributed by atoms with Gasteiger partial charge in [0.05, 0.1) is 25.9 Å². The minimum absolute atomic E-state index is 0.0311. The number of methoxy groups -OCH3 is 1. The number of fused-ring (bicyclic) bond motifs is 1. The van der Waals surface area contributed by atoms with Gasteiger partial charge in [0.25, 0.3) is 0 Å². The van der Waals surface area contributed by atoms with Crippen LogP contribution in [0.15, 0.2) is 39.5 Å². The van der Waals surface area contributed by atoms with E-state index in [2.05, 4.69) is 0 Å². The zero-order valence-electron chi connectivity index (χ0n) is 28.8. The Kier molecular flexibility index (Phi) is 11.6. The van der Waals surface area contributed by atoms with Gasteiger partial charge in [0.15, 0.2) is 23.5 Å². The zero-order chi connectivity index (χ0) is 39.3. The molecular formula is C34H42O20. The molecule has 3 fully saturated rings. The molecule has 3 aliphatic heterocycles. The van der Waals surface area contributed by atoms with Gasteiger partial charge in [-0.05, 0) is 32.0 Å². The molecule has 298 valence electrons. The average Bonchev–Trinajstić information content (AvgIpc) is 3.14. The molecule has 0 spiro atoms. The summed E-state index contributed by atoms with van der Waals surface area (Å²) in [4.78, 5) is 14.0. The van der Waals surface area contributed by atoms with Crippen LogP contribution in [-0.2, 0) is 18.9 Å². The van der Waals surface area contributed by atoms with Gasteiger partial charge in [-0.2, -0.15) is 0 Å². The second kappa shape index (κ2) is 15.7. The summed E-state index contributed by atoms with van der Waals surface area (Å²) in [6.45, 7) is 2.25. The lowest BCUT2D eigenvalue weighted by Gasteiger charge is -2.42. The fourth-order valence-electron chi connectivity index (χ4n) is 6.32. The van der Waals surface area contributed by atoms with E-state index in [0.717, 1.165) is 12.1 Å². The Morgan fingerprint density at radius 3 is 1.85 bits per heavy atom. The van der Waals surface area contributed by atoms with Crippen LogP contribution in [0, 0.1) is 0 Å². The highest BCUT2D eigenvalue weighted by atomic mass is 16.7. The summed E-state index contributed by atoms with van der Waals surface area (Å²) in [5.74, 6) is -2.31. The van der Waals surface area contributed by atoms with E-state index in [1.807, 2.05) is 0 Å². The Balaban J connectivity index is 1.33. The fraction of sp³-hybridized carbons (Fsp3) is 0.559. The molecule has 2 aromatic carbocycles. The zero-order valence-corrected chi connectivity index (χ0v) is 28.8. The summed E-state index contributed by atoms with van der Waals surface area (Å²) in [5, 5.41) is 114. The summed E-state index contributed by atoms with van der Waals surface area (Å²) in [6.07, 6.45) is -23.5. The number of phenolic OH excluding ortho intramolecular Hbond substituents is 2. The van der Waals surface area contributed by atoms with Gasteiger partial charge in [0.2, 0.25) is 23.8 Å². The largest absolute Gasteiger partial charge is 0.508 e. The first-order valence-corrected chi connectivity index (χ1v) is 16.8. The van der Waals surface area contributed by atoms with E-state index in [9.17, 15) is 61.0 Å². The third kappa shape index (κ3) is 7.41. The van der Waals surface area contributed by atoms with Crippen molar-refractivity contribution in [3.8, 4) is 40.1 Å². The van der Waals surface area contributed by atoms with Gasteiger partial charge in [-0.15, -0.1) is 0 Å². The monoisotopic (exact) mass is 770 g/mol. The Bertz CT molecular complexity index is 1850. The van der Waals surface area contributed by atoms with E-state index in [0.29, 0.717) is 0 Å². The number of aliphatic hydroxyl groups excluding tert-OH is 9. The molecule has 0 unspecified atom stereocenters. The lowest BCUT2D eigenvalue weighted by atomic mass is 9.98. The molecule has 3 aromatic rings. The van der Waals surface area contributed by atoms with Crippen LogP contribution in [0.5, 0.6) is 28.7 Å². The number of benzene rings is 2. The van der Waals surface area contributed by atoms with Crippen LogP contribution in [0.1, 0.15) is 13.8 Å². The molecule has 54 heavy (non-hydrogen) atoms. The maximum Gasteiger partial charge on any atom is 0.239 e. The normalized spacial score (nSPS) is 37.2. The Morgan fingerprint density at radius 1 is 0.648 bits per heavy atom. The van der Waals surface area contributed by atoms with Crippen molar-refractivity contribution in [3.05, 3.63) is 40.6 Å². The SMILES string of the molecule is COc1cc(-c2oc3cc(O)cc(O)c3c(=O)c2O[C@@H]2O[C@H](CO[C@@H]3O[C@@H](C)[C@H](O)[C@@H](O)[C@H]3O)[C@@H](O)[C@H](O)[C@H]2O)ccc1O[C@@H]1O[C@@H](C)[C@H](O)[C@@H](O)[C@H]1O. The van der Waals surface area contributed by atoms with E-state index in [-0.39, 0.29) is 28.4 Å². The molecule has 3 aliphatic rings. The third-order valence-corrected chi connectivity index (χ3v) is 9.53. The van der Waals surface area contributed by atoms with Crippen LogP contribution in [0.3, 0.4) is 0 Å². The molecule has 11 N–H and O–H groups in total. The number of hydrogen-bond acceptors (Lipinski definition) is 20. The van der Waals surface area contributed by atoms with Crippen LogP contribution in [0.4, 0.5) is 0 Å². The van der Waals surface area contributed by atoms with Crippen molar-refractivity contribution < 1.29 is 93.7 Å². The molecule has 0 amide bonds. The van der Waals surface area contributed by atoms with Crippen molar-refractivity contribution in [2.24, 2.45) is 0 Å². The van der Waals surface area contributed by atoms with Crippen molar-refractivity contribution in [2.75, 3.05) is 13.7 Å². The topological polar surface area (TPSA) is 317 Å². The van der Waals surface area contributed by atoms with Gasteiger partial charge in [-0.1, -0.05) is 0 Å². The Morgan fingerprint density at radius 2 is 1.22 bits per heavy atom. The van der Waals surface area contributed by atoms with Crippen LogP contribution in [0.25, 0.3) is 22.3 Å². The van der Waals surface area contributed by atoms with Crippen LogP contribution < -0.4 is 19.6 Å². The van der Waals surface area contributed by atoms with Crippen molar-refractivity contribution >= 4 is 11.0 Å². The lowest BCUT2D eigenvalue weighted by Crippen LogP contribution is -2.61. The van der Waals surface area contributed by atoms with Crippen LogP contribution in [-0.4, -0.2) is 162 Å². The summed E-state index contributed by atoms with van der Waals surface area (Å²) in [5.41, 5.74) is -1.30. The number of rotatable bonds is 9. The summed E-state index contributed by atoms with van der Waals surface area (Å²) < 4.78 is 45.1. The molecule has 20 heteroatoms. The minimum atomic E-state index is -2.01. The smallest absolute Gasteiger partial charge is 0.239 e. The number of ether oxygens (including phenoxy) is 7. The van der Waals surface area contributed by atoms with E-state index in [1.54, 1.807) is 0 Å². The fourth-order valence-corrected chi connectivity index (χ4v) is 6.32. The molecule has 15 atom stereocenters. The highest BCUT2D eigenvalue weighted by Crippen LogP contribution is 2.41. The van der Waals surface area contributed by atoms with Crippen molar-refractivity contribution in [1.29, 1.82) is 0 Å². The molecule has 0 aliphatic carbocycles. The quantitative estimate of drug-likeness (QED) is 0.104. The molecule has 6 rings (SSSR count). The molecular weight excluding hydrogens is 728 g/mol. The highest BCUT2D eigenvalue weighted by Gasteiger charge is 2.48. The molecule has 0 saturated carbocycles. The van der Waals surface area contributed by atoms with Gasteiger partial charge in [-0.25, -0.2) is 0 Å². The lowest BCUT2D eigenvalue weighted by molar-refractivity contribution is -0.318. The first kappa shape index (κ1) is 39.8. The van der Waals surface area contributed by atoms with Gasteiger partial charge in [0, 0.05) is 17.7 Å². The first-order valence-electron chi connectivity index (χ1n) is 16.8. The van der Waals surface area contributed by atoms with E-state index >= 15 is 0 Å². The average molecular weight is 771 g/mol. The van der Waals surface area contributed by atoms with Gasteiger partial charge in [-0.3, -0.25) is 4.79 Å². The second-order valence-electron chi connectivity index (χ2n) is 13.2. The van der Waals surface area contributed by atoms with E-state index in [1.165, 1.54) is 39.2 Å². The van der Waals surface area contributed by atoms with Crippen molar-refractivity contribution in [3.63, 3.8) is 0 Å². The second-order valence-corrected chi connectivity index (χ2v) is 13.2. The van der Waals surface area contributed by atoms with Gasteiger partial charge in [0.1, 0.15) is 83.5 Å². The molecule has 1 aromatic heterocycles. The molecule has 20 nitrogen and oxygen atoms in total. The highest BCUT2D eigenvalue weighted by molar-refractivity contribution is 5.88. The van der Waals surface area contributed by atoms with Crippen LogP contribution in [0.2, 0.25) is 0 Å². The maximum atomic E-state index is 14.0. The van der Waals surface area contributed by atoms with E-state index in [4.69, 9.17) is 37.6 Å². The van der Waals surface area contributed by atoms with Gasteiger partial charge >= 0.3 is 0 Å². The summed E-state index contributed by atoms with van der Waals surface area (Å²) in [6, 6.07) is 5.87. The maximum absolute atomic E-state index is 14.0. The molecule has 0 radical (unpaired) electrons. The predicted octanol–water partition coefficient (Wildman–Crippen LogP) is -2.88. The Labute approximate surface area is 305 Å². The number of hydrogen-bond donors (Lipinski definition) is 11. The summed E-state index contributed by atoms with van der Waals surface area (Å²) in [7, 11) is 1.26. The first-order chi connectivity index (χ1) is 25.5. The molecule has 0 bridgehead atoms. The number of aromatic hydroxyl groups is 2. The number of phenols is 2. The minimum Gasteiger partial charge on any atom is -0.508 e. The van der Waals surface area contributed by atoms with Gasteiger partial charge < -0.3 is 93.7 Å². The van der Waals surface area contributed by atoms with Crippen LogP contribution >= 0.6 is 0 Å². The standard InChI is InChI=1S/C34H42O20/c1-10-20(37)24(41)27(44)32(49-10)48-9-18-22(39)26(43)29(46)34(53-18)54-31-23(40)19-14(36)7-13(35)8-17(19)51-30(31)12-4-5-15(16(6-12)47-3)52-33-28(45)25(42)21(38)11(2)50-33/h4-8,10-11,18,20-22,24-29,32-39,41-46H,9H2,1-3H3/t10-,11-,18+,20-,21-,22+,24+,25+,26-,27+,28+,29+,32+,33-,34-/m0/s1.